The molecule has 1 saturated heterocycles. The maximum atomic E-state index is 13.2. The van der Waals surface area contributed by atoms with Gasteiger partial charge in [0, 0.05) is 11.3 Å². The van der Waals surface area contributed by atoms with E-state index in [4.69, 9.17) is 5.11 Å². The maximum Gasteiger partial charge on any atom is 0.327 e. The second-order valence-corrected chi connectivity index (χ2v) is 5.09. The van der Waals surface area contributed by atoms with Crippen LogP contribution in [0.3, 0.4) is 0 Å². The first-order valence-electron chi connectivity index (χ1n) is 5.38. The monoisotopic (exact) mass is 269 g/mol. The number of hydrogen-bond acceptors (Lipinski definition) is 3. The molecule has 1 aromatic carbocycles. The molecule has 4 nitrogen and oxygen atoms in total. The van der Waals surface area contributed by atoms with Crippen LogP contribution in [0.1, 0.15) is 15.9 Å². The quantitative estimate of drug-likeness (QED) is 0.888. The molecular formula is C12H12FNO3S. The molecule has 0 radical (unpaired) electrons. The number of halogens is 1. The van der Waals surface area contributed by atoms with Crippen LogP contribution in [-0.2, 0) is 4.79 Å². The zero-order valence-corrected chi connectivity index (χ0v) is 10.5. The summed E-state index contributed by atoms with van der Waals surface area (Å²) in [7, 11) is 0. The van der Waals surface area contributed by atoms with Crippen LogP contribution < -0.4 is 0 Å². The molecule has 18 heavy (non-hydrogen) atoms. The zero-order chi connectivity index (χ0) is 13.3. The van der Waals surface area contributed by atoms with Crippen molar-refractivity contribution in [2.75, 3.05) is 11.6 Å². The summed E-state index contributed by atoms with van der Waals surface area (Å²) in [5.74, 6) is -1.25. The Balaban J connectivity index is 2.31. The Kier molecular flexibility index (Phi) is 3.56. The van der Waals surface area contributed by atoms with E-state index in [1.165, 1.54) is 28.8 Å². The molecule has 1 atom stereocenters. The lowest BCUT2D eigenvalue weighted by molar-refractivity contribution is -0.140. The lowest BCUT2D eigenvalue weighted by Crippen LogP contribution is -2.42. The summed E-state index contributed by atoms with van der Waals surface area (Å²) in [5.41, 5.74) is 0.867. The summed E-state index contributed by atoms with van der Waals surface area (Å²) >= 11 is 1.38. The van der Waals surface area contributed by atoms with Gasteiger partial charge in [-0.15, -0.1) is 11.8 Å². The Labute approximate surface area is 108 Å². The minimum atomic E-state index is -1.03. The van der Waals surface area contributed by atoms with Crippen LogP contribution >= 0.6 is 11.8 Å². The van der Waals surface area contributed by atoms with E-state index >= 15 is 0 Å². The standard InChI is InChI=1S/C12H12FNO3S/c1-7-2-3-8(13)4-9(7)11(15)14-6-18-5-10(14)12(16)17/h2-4,10H,5-6H2,1H3,(H,16,17)/t10-/m0/s1. The van der Waals surface area contributed by atoms with Crippen molar-refractivity contribution in [1.29, 1.82) is 0 Å². The molecule has 0 unspecified atom stereocenters. The number of aryl methyl sites for hydroxylation is 1. The van der Waals surface area contributed by atoms with E-state index in [0.717, 1.165) is 6.07 Å². The maximum absolute atomic E-state index is 13.2. The fourth-order valence-corrected chi connectivity index (χ4v) is 2.97. The van der Waals surface area contributed by atoms with Gasteiger partial charge in [0.15, 0.2) is 0 Å². The van der Waals surface area contributed by atoms with Crippen molar-refractivity contribution in [3.63, 3.8) is 0 Å². The number of carboxylic acids is 1. The highest BCUT2D eigenvalue weighted by atomic mass is 32.2. The van der Waals surface area contributed by atoms with Crippen LogP contribution in [0.25, 0.3) is 0 Å². The molecule has 6 heteroatoms. The van der Waals surface area contributed by atoms with Gasteiger partial charge >= 0.3 is 5.97 Å². The van der Waals surface area contributed by atoms with Crippen LogP contribution in [-0.4, -0.2) is 39.6 Å². The van der Waals surface area contributed by atoms with Crippen molar-refractivity contribution in [1.82, 2.24) is 4.90 Å². The van der Waals surface area contributed by atoms with Crippen molar-refractivity contribution < 1.29 is 19.1 Å². The second kappa shape index (κ2) is 4.97. The van der Waals surface area contributed by atoms with Gasteiger partial charge in [-0.05, 0) is 24.6 Å². The third-order valence-electron chi connectivity index (χ3n) is 2.86. The molecular weight excluding hydrogens is 257 g/mol. The van der Waals surface area contributed by atoms with Crippen LogP contribution in [0, 0.1) is 12.7 Å². The van der Waals surface area contributed by atoms with Crippen LogP contribution in [0.5, 0.6) is 0 Å². The zero-order valence-electron chi connectivity index (χ0n) is 9.72. The fourth-order valence-electron chi connectivity index (χ4n) is 1.83. The number of aliphatic carboxylic acids is 1. The number of carboxylic acid groups (broad SMARTS) is 1. The summed E-state index contributed by atoms with van der Waals surface area (Å²) in [6.45, 7) is 1.70. The van der Waals surface area contributed by atoms with E-state index in [-0.39, 0.29) is 5.56 Å². The van der Waals surface area contributed by atoms with Gasteiger partial charge in [-0.3, -0.25) is 4.79 Å². The van der Waals surface area contributed by atoms with Gasteiger partial charge in [0.2, 0.25) is 0 Å². The molecule has 0 aliphatic carbocycles. The fraction of sp³-hybridized carbons (Fsp3) is 0.333. The molecule has 1 aliphatic heterocycles. The third kappa shape index (κ3) is 2.33. The average Bonchev–Trinajstić information content (AvgIpc) is 2.80. The molecule has 1 aliphatic rings. The lowest BCUT2D eigenvalue weighted by Gasteiger charge is -2.21. The lowest BCUT2D eigenvalue weighted by atomic mass is 10.1. The Hall–Kier alpha value is -1.56. The summed E-state index contributed by atoms with van der Waals surface area (Å²) in [5, 5.41) is 9.02. The number of hydrogen-bond donors (Lipinski definition) is 1. The Morgan fingerprint density at radius 1 is 1.50 bits per heavy atom. The van der Waals surface area contributed by atoms with Gasteiger partial charge in [0.05, 0.1) is 5.88 Å². The predicted molar refractivity (Wildman–Crippen MR) is 66.1 cm³/mol. The van der Waals surface area contributed by atoms with Crippen molar-refractivity contribution >= 4 is 23.6 Å². The van der Waals surface area contributed by atoms with E-state index in [0.29, 0.717) is 17.2 Å². The summed E-state index contributed by atoms with van der Waals surface area (Å²) in [6, 6.07) is 3.12. The van der Waals surface area contributed by atoms with Gasteiger partial charge in [0.1, 0.15) is 11.9 Å². The largest absolute Gasteiger partial charge is 0.480 e. The molecule has 2 rings (SSSR count). The SMILES string of the molecule is Cc1ccc(F)cc1C(=O)N1CSC[C@H]1C(=O)O. The highest BCUT2D eigenvalue weighted by Gasteiger charge is 2.35. The number of nitrogens with zero attached hydrogens (tertiary/aromatic N) is 1. The van der Waals surface area contributed by atoms with Crippen molar-refractivity contribution in [3.05, 3.63) is 35.1 Å². The van der Waals surface area contributed by atoms with Crippen molar-refractivity contribution in [3.8, 4) is 0 Å². The van der Waals surface area contributed by atoms with E-state index in [1.54, 1.807) is 6.92 Å². The van der Waals surface area contributed by atoms with E-state index in [9.17, 15) is 14.0 Å². The predicted octanol–water partition coefficient (Wildman–Crippen LogP) is 1.73. The van der Waals surface area contributed by atoms with Crippen LogP contribution in [0.15, 0.2) is 18.2 Å². The molecule has 1 heterocycles. The number of benzene rings is 1. The number of carbonyl (C=O) groups excluding carboxylic acids is 1. The minimum absolute atomic E-state index is 0.226. The van der Waals surface area contributed by atoms with Gasteiger partial charge in [-0.2, -0.15) is 0 Å². The Bertz CT molecular complexity index is 506. The average molecular weight is 269 g/mol. The van der Waals surface area contributed by atoms with E-state index in [1.807, 2.05) is 0 Å². The molecule has 1 N–H and O–H groups in total. The highest BCUT2D eigenvalue weighted by Crippen LogP contribution is 2.24. The van der Waals surface area contributed by atoms with E-state index in [2.05, 4.69) is 0 Å². The van der Waals surface area contributed by atoms with Crippen molar-refractivity contribution in [2.45, 2.75) is 13.0 Å². The molecule has 96 valence electrons. The van der Waals surface area contributed by atoms with Crippen LogP contribution in [0.2, 0.25) is 0 Å². The highest BCUT2D eigenvalue weighted by molar-refractivity contribution is 7.99. The number of rotatable bonds is 2. The molecule has 0 saturated carbocycles. The van der Waals surface area contributed by atoms with Gasteiger partial charge < -0.3 is 10.0 Å². The molecule has 1 fully saturated rings. The molecule has 1 amide bonds. The Morgan fingerprint density at radius 3 is 2.89 bits per heavy atom. The summed E-state index contributed by atoms with van der Waals surface area (Å²) in [4.78, 5) is 24.5. The van der Waals surface area contributed by atoms with Crippen LogP contribution in [0.4, 0.5) is 4.39 Å². The van der Waals surface area contributed by atoms with E-state index < -0.39 is 23.7 Å². The first-order valence-corrected chi connectivity index (χ1v) is 6.54. The topological polar surface area (TPSA) is 57.6 Å². The first-order chi connectivity index (χ1) is 8.50. The number of amides is 1. The molecule has 1 aromatic rings. The van der Waals surface area contributed by atoms with Gasteiger partial charge in [-0.1, -0.05) is 6.07 Å². The summed E-state index contributed by atoms with van der Waals surface area (Å²) < 4.78 is 13.2. The third-order valence-corrected chi connectivity index (χ3v) is 3.87. The number of thioether (sulfide) groups is 1. The first kappa shape index (κ1) is 12.9. The smallest absolute Gasteiger partial charge is 0.327 e. The summed E-state index contributed by atoms with van der Waals surface area (Å²) in [6.07, 6.45) is 0. The Morgan fingerprint density at radius 2 is 2.22 bits per heavy atom. The van der Waals surface area contributed by atoms with Gasteiger partial charge in [0.25, 0.3) is 5.91 Å². The second-order valence-electron chi connectivity index (χ2n) is 4.09. The number of carbonyl (C=O) groups is 2. The van der Waals surface area contributed by atoms with Gasteiger partial charge in [-0.25, -0.2) is 9.18 Å². The van der Waals surface area contributed by atoms with Crippen molar-refractivity contribution in [2.24, 2.45) is 0 Å². The minimum Gasteiger partial charge on any atom is -0.480 e. The normalized spacial score (nSPS) is 19.0. The molecule has 0 bridgehead atoms. The molecule has 0 aromatic heterocycles. The molecule has 0 spiro atoms.